The Morgan fingerprint density at radius 1 is 0.957 bits per heavy atom. The van der Waals surface area contributed by atoms with Crippen molar-refractivity contribution in [2.24, 2.45) is 0 Å². The average molecular weight is 303 g/mol. The second-order valence-corrected chi connectivity index (χ2v) is 5.94. The Hall–Kier alpha value is -2.53. The molecule has 0 aliphatic rings. The van der Waals surface area contributed by atoms with Gasteiger partial charge in [0.25, 0.3) is 0 Å². The van der Waals surface area contributed by atoms with Crippen LogP contribution < -0.4 is 0 Å². The fraction of sp³-hybridized carbons (Fsp3) is 0.286. The van der Waals surface area contributed by atoms with Gasteiger partial charge in [0.1, 0.15) is 6.07 Å². The van der Waals surface area contributed by atoms with Crippen molar-refractivity contribution < 1.29 is 4.42 Å². The maximum Gasteiger partial charge on any atom is 0.152 e. The van der Waals surface area contributed by atoms with Gasteiger partial charge in [-0.3, -0.25) is 0 Å². The lowest BCUT2D eigenvalue weighted by Gasteiger charge is -2.06. The van der Waals surface area contributed by atoms with Crippen molar-refractivity contribution in [3.63, 3.8) is 0 Å². The molecule has 2 nitrogen and oxygen atoms in total. The highest BCUT2D eigenvalue weighted by molar-refractivity contribution is 5.96. The van der Waals surface area contributed by atoms with Gasteiger partial charge in [-0.2, -0.15) is 5.26 Å². The molecule has 0 saturated heterocycles. The van der Waals surface area contributed by atoms with Gasteiger partial charge < -0.3 is 4.42 Å². The first-order chi connectivity index (χ1) is 11.3. The number of rotatable bonds is 6. The summed E-state index contributed by atoms with van der Waals surface area (Å²) in [6.45, 7) is 2.24. The molecule has 0 N–H and O–H groups in total. The molecule has 3 rings (SSSR count). The quantitative estimate of drug-likeness (QED) is 0.516. The predicted octanol–water partition coefficient (Wildman–Crippen LogP) is 6.09. The van der Waals surface area contributed by atoms with Crippen molar-refractivity contribution in [2.45, 2.75) is 39.0 Å². The normalized spacial score (nSPS) is 10.8. The lowest BCUT2D eigenvalue weighted by molar-refractivity contribution is 0.615. The van der Waals surface area contributed by atoms with E-state index in [9.17, 15) is 0 Å². The summed E-state index contributed by atoms with van der Waals surface area (Å²) in [4.78, 5) is 0. The Kier molecular flexibility index (Phi) is 4.78. The van der Waals surface area contributed by atoms with Crippen LogP contribution in [0.15, 0.2) is 53.1 Å². The van der Waals surface area contributed by atoms with Crippen LogP contribution in [0.2, 0.25) is 0 Å². The zero-order chi connectivity index (χ0) is 16.1. The highest BCUT2D eigenvalue weighted by Gasteiger charge is 2.10. The number of furan rings is 1. The predicted molar refractivity (Wildman–Crippen MR) is 94.2 cm³/mol. The van der Waals surface area contributed by atoms with E-state index in [-0.39, 0.29) is 0 Å². The molecule has 0 aliphatic heterocycles. The molecule has 0 radical (unpaired) electrons. The Morgan fingerprint density at radius 2 is 1.78 bits per heavy atom. The first kappa shape index (κ1) is 15.4. The second-order valence-electron chi connectivity index (χ2n) is 5.94. The zero-order valence-corrected chi connectivity index (χ0v) is 13.5. The molecule has 0 unspecified atom stereocenters. The summed E-state index contributed by atoms with van der Waals surface area (Å²) in [6, 6.07) is 16.7. The average Bonchev–Trinajstić information content (AvgIpc) is 3.08. The van der Waals surface area contributed by atoms with Gasteiger partial charge >= 0.3 is 0 Å². The summed E-state index contributed by atoms with van der Waals surface area (Å²) >= 11 is 0. The van der Waals surface area contributed by atoms with E-state index < -0.39 is 0 Å². The maximum atomic E-state index is 9.16. The molecular formula is C21H21NO. The van der Waals surface area contributed by atoms with E-state index in [0.29, 0.717) is 11.1 Å². The van der Waals surface area contributed by atoms with Gasteiger partial charge in [0.15, 0.2) is 5.58 Å². The van der Waals surface area contributed by atoms with Gasteiger partial charge in [-0.15, -0.1) is 0 Å². The van der Waals surface area contributed by atoms with Crippen molar-refractivity contribution in [3.8, 4) is 17.2 Å². The maximum absolute atomic E-state index is 9.16. The van der Waals surface area contributed by atoms with Crippen LogP contribution in [0.25, 0.3) is 22.1 Å². The van der Waals surface area contributed by atoms with E-state index in [1.807, 2.05) is 18.2 Å². The number of benzene rings is 2. The molecule has 1 heterocycles. The molecule has 0 saturated carbocycles. The molecule has 1 aromatic heterocycles. The van der Waals surface area contributed by atoms with Gasteiger partial charge in [0.05, 0.1) is 11.8 Å². The van der Waals surface area contributed by atoms with Crippen LogP contribution in [0.1, 0.15) is 43.7 Å². The molecule has 2 aromatic carbocycles. The van der Waals surface area contributed by atoms with Gasteiger partial charge in [-0.25, -0.2) is 0 Å². The lowest BCUT2D eigenvalue weighted by Crippen LogP contribution is -1.87. The summed E-state index contributed by atoms with van der Waals surface area (Å²) in [5.74, 6) is 0. The van der Waals surface area contributed by atoms with Crippen LogP contribution in [0.4, 0.5) is 0 Å². The summed E-state index contributed by atoms with van der Waals surface area (Å²) in [5.41, 5.74) is 4.93. The van der Waals surface area contributed by atoms with Crippen LogP contribution in [0.3, 0.4) is 0 Å². The smallest absolute Gasteiger partial charge is 0.152 e. The standard InChI is InChI=1S/C21H21NO/c1-2-3-4-5-6-16-7-9-17(10-8-16)19-12-11-18(15-22)21-20(19)13-14-23-21/h7-14H,2-6H2,1H3. The van der Waals surface area contributed by atoms with E-state index >= 15 is 0 Å². The number of aryl methyl sites for hydroxylation is 1. The molecule has 0 atom stereocenters. The monoisotopic (exact) mass is 303 g/mol. The molecule has 3 aromatic rings. The Labute approximate surface area is 137 Å². The molecule has 116 valence electrons. The van der Waals surface area contributed by atoms with Crippen LogP contribution in [-0.2, 0) is 6.42 Å². The molecule has 2 heteroatoms. The number of fused-ring (bicyclic) bond motifs is 1. The fourth-order valence-corrected chi connectivity index (χ4v) is 3.01. The minimum atomic E-state index is 0.585. The zero-order valence-electron chi connectivity index (χ0n) is 13.5. The number of nitriles is 1. The Morgan fingerprint density at radius 3 is 2.52 bits per heavy atom. The Balaban J connectivity index is 1.83. The summed E-state index contributed by atoms with van der Waals surface area (Å²) < 4.78 is 5.48. The molecule has 0 aliphatic carbocycles. The van der Waals surface area contributed by atoms with E-state index in [1.54, 1.807) is 6.26 Å². The minimum Gasteiger partial charge on any atom is -0.463 e. The SMILES string of the molecule is CCCCCCc1ccc(-c2ccc(C#N)c3occc23)cc1. The van der Waals surface area contributed by atoms with Crippen LogP contribution in [0, 0.1) is 11.3 Å². The molecule has 23 heavy (non-hydrogen) atoms. The summed E-state index contributed by atoms with van der Waals surface area (Å²) in [5, 5.41) is 10.2. The third-order valence-corrected chi connectivity index (χ3v) is 4.32. The highest BCUT2D eigenvalue weighted by Crippen LogP contribution is 2.31. The van der Waals surface area contributed by atoms with Gasteiger partial charge in [0, 0.05) is 5.39 Å². The summed E-state index contributed by atoms with van der Waals surface area (Å²) in [7, 11) is 0. The van der Waals surface area contributed by atoms with E-state index in [4.69, 9.17) is 9.68 Å². The number of hydrogen-bond acceptors (Lipinski definition) is 2. The van der Waals surface area contributed by atoms with Crippen molar-refractivity contribution in [1.82, 2.24) is 0 Å². The van der Waals surface area contributed by atoms with Crippen LogP contribution >= 0.6 is 0 Å². The minimum absolute atomic E-state index is 0.585. The highest BCUT2D eigenvalue weighted by atomic mass is 16.3. The van der Waals surface area contributed by atoms with Crippen LogP contribution in [0.5, 0.6) is 0 Å². The fourth-order valence-electron chi connectivity index (χ4n) is 3.01. The molecular weight excluding hydrogens is 282 g/mol. The van der Waals surface area contributed by atoms with Gasteiger partial charge in [0.2, 0.25) is 0 Å². The number of unbranched alkanes of at least 4 members (excludes halogenated alkanes) is 3. The van der Waals surface area contributed by atoms with Gasteiger partial charge in [-0.1, -0.05) is 56.5 Å². The summed E-state index contributed by atoms with van der Waals surface area (Å²) in [6.07, 6.45) is 7.96. The first-order valence-electron chi connectivity index (χ1n) is 8.33. The third kappa shape index (κ3) is 3.29. The molecule has 0 bridgehead atoms. The number of hydrogen-bond donors (Lipinski definition) is 0. The second kappa shape index (κ2) is 7.15. The molecule has 0 amide bonds. The van der Waals surface area contributed by atoms with Crippen molar-refractivity contribution in [3.05, 3.63) is 59.9 Å². The first-order valence-corrected chi connectivity index (χ1v) is 8.33. The van der Waals surface area contributed by atoms with Crippen molar-refractivity contribution in [1.29, 1.82) is 5.26 Å². The Bertz CT molecular complexity index is 821. The van der Waals surface area contributed by atoms with E-state index in [1.165, 1.54) is 31.2 Å². The molecule has 0 fully saturated rings. The lowest BCUT2D eigenvalue weighted by atomic mass is 9.97. The van der Waals surface area contributed by atoms with Crippen molar-refractivity contribution in [2.75, 3.05) is 0 Å². The topological polar surface area (TPSA) is 36.9 Å². The number of nitrogens with zero attached hydrogens (tertiary/aromatic N) is 1. The van der Waals surface area contributed by atoms with E-state index in [0.717, 1.165) is 22.9 Å². The van der Waals surface area contributed by atoms with Crippen molar-refractivity contribution >= 4 is 11.0 Å². The third-order valence-electron chi connectivity index (χ3n) is 4.32. The van der Waals surface area contributed by atoms with E-state index in [2.05, 4.69) is 37.3 Å². The largest absolute Gasteiger partial charge is 0.463 e. The van der Waals surface area contributed by atoms with Gasteiger partial charge in [-0.05, 0) is 41.7 Å². The van der Waals surface area contributed by atoms with Crippen LogP contribution in [-0.4, -0.2) is 0 Å². The molecule has 0 spiro atoms.